The van der Waals surface area contributed by atoms with Crippen LogP contribution in [0, 0.1) is 0 Å². The van der Waals surface area contributed by atoms with Gasteiger partial charge in [-0.1, -0.05) is 6.07 Å². The number of hydrogen-bond acceptors (Lipinski definition) is 3. The molecule has 1 amide bonds. The van der Waals surface area contributed by atoms with Crippen LogP contribution >= 0.6 is 11.8 Å². The predicted octanol–water partition coefficient (Wildman–Crippen LogP) is 1.52. The Morgan fingerprint density at radius 1 is 1.50 bits per heavy atom. The second kappa shape index (κ2) is 4.89. The first-order valence-electron chi connectivity index (χ1n) is 5.39. The minimum Gasteiger partial charge on any atom is -0.319 e. The maximum atomic E-state index is 11.5. The maximum Gasteiger partial charge on any atom is 0.237 e. The van der Waals surface area contributed by atoms with Crippen molar-refractivity contribution in [2.45, 2.75) is 11.3 Å². The number of fused-ring (bicyclic) bond motifs is 1. The minimum atomic E-state index is 0.181. The molecular formula is C12H16N2OS. The molecule has 1 aliphatic heterocycles. The lowest BCUT2D eigenvalue weighted by Crippen LogP contribution is -2.31. The molecule has 3 nitrogen and oxygen atoms in total. The van der Waals surface area contributed by atoms with Gasteiger partial charge in [0.25, 0.3) is 0 Å². The van der Waals surface area contributed by atoms with Gasteiger partial charge in [-0.2, -0.15) is 0 Å². The molecule has 1 aliphatic rings. The van der Waals surface area contributed by atoms with Gasteiger partial charge < -0.3 is 10.2 Å². The zero-order chi connectivity index (χ0) is 11.5. The third-order valence-electron chi connectivity index (χ3n) is 2.77. The molecular weight excluding hydrogens is 220 g/mol. The van der Waals surface area contributed by atoms with Crippen LogP contribution < -0.4 is 10.2 Å². The van der Waals surface area contributed by atoms with Crippen molar-refractivity contribution in [2.24, 2.45) is 0 Å². The molecule has 2 rings (SSSR count). The Morgan fingerprint density at radius 3 is 3.06 bits per heavy atom. The summed E-state index contributed by atoms with van der Waals surface area (Å²) in [4.78, 5) is 14.5. The highest BCUT2D eigenvalue weighted by Crippen LogP contribution is 2.35. The summed E-state index contributed by atoms with van der Waals surface area (Å²) in [5, 5.41) is 3.14. The highest BCUT2D eigenvalue weighted by molar-refractivity contribution is 8.00. The van der Waals surface area contributed by atoms with Crippen LogP contribution in [0.2, 0.25) is 0 Å². The van der Waals surface area contributed by atoms with Crippen molar-refractivity contribution < 1.29 is 4.79 Å². The lowest BCUT2D eigenvalue weighted by atomic mass is 10.1. The summed E-state index contributed by atoms with van der Waals surface area (Å²) in [5.74, 6) is 0.736. The van der Waals surface area contributed by atoms with Crippen molar-refractivity contribution in [3.05, 3.63) is 23.8 Å². The number of carbonyl (C=O) groups is 1. The van der Waals surface area contributed by atoms with E-state index in [1.165, 1.54) is 10.5 Å². The highest BCUT2D eigenvalue weighted by atomic mass is 32.2. The standard InChI is InChI=1S/C12H16N2OS/c1-13-6-5-9-3-4-10-11(7-9)16-8-12(15)14(10)2/h3-4,7,13H,5-6,8H2,1-2H3. The Morgan fingerprint density at radius 2 is 2.31 bits per heavy atom. The minimum absolute atomic E-state index is 0.181. The van der Waals surface area contributed by atoms with E-state index in [2.05, 4.69) is 17.4 Å². The van der Waals surface area contributed by atoms with E-state index in [9.17, 15) is 4.79 Å². The summed E-state index contributed by atoms with van der Waals surface area (Å²) in [6.07, 6.45) is 1.03. The zero-order valence-corrected chi connectivity index (χ0v) is 10.4. The van der Waals surface area contributed by atoms with Gasteiger partial charge in [-0.15, -0.1) is 11.8 Å². The summed E-state index contributed by atoms with van der Waals surface area (Å²) in [5.41, 5.74) is 2.36. The van der Waals surface area contributed by atoms with Gasteiger partial charge in [-0.25, -0.2) is 0 Å². The Kier molecular flexibility index (Phi) is 3.51. The maximum absolute atomic E-state index is 11.5. The molecule has 0 saturated carbocycles. The number of thioether (sulfide) groups is 1. The van der Waals surface area contributed by atoms with Crippen LogP contribution in [-0.4, -0.2) is 32.3 Å². The Hall–Kier alpha value is -1.00. The van der Waals surface area contributed by atoms with E-state index >= 15 is 0 Å². The molecule has 0 atom stereocenters. The van der Waals surface area contributed by atoms with Gasteiger partial charge in [-0.05, 0) is 37.7 Å². The van der Waals surface area contributed by atoms with E-state index in [1.54, 1.807) is 16.7 Å². The van der Waals surface area contributed by atoms with Crippen LogP contribution in [-0.2, 0) is 11.2 Å². The van der Waals surface area contributed by atoms with Gasteiger partial charge in [0.05, 0.1) is 11.4 Å². The van der Waals surface area contributed by atoms with Crippen LogP contribution in [0.25, 0.3) is 0 Å². The normalized spacial score (nSPS) is 15.1. The number of nitrogens with zero attached hydrogens (tertiary/aromatic N) is 1. The first kappa shape index (κ1) is 11.5. The van der Waals surface area contributed by atoms with Gasteiger partial charge in [0, 0.05) is 11.9 Å². The molecule has 1 aromatic rings. The summed E-state index contributed by atoms with van der Waals surface area (Å²) < 4.78 is 0. The van der Waals surface area contributed by atoms with Crippen LogP contribution in [0.5, 0.6) is 0 Å². The van der Waals surface area contributed by atoms with Crippen molar-refractivity contribution in [2.75, 3.05) is 31.3 Å². The molecule has 0 spiro atoms. The summed E-state index contributed by atoms with van der Waals surface area (Å²) in [6.45, 7) is 0.984. The van der Waals surface area contributed by atoms with Gasteiger partial charge in [0.1, 0.15) is 0 Å². The zero-order valence-electron chi connectivity index (χ0n) is 9.62. The molecule has 4 heteroatoms. The monoisotopic (exact) mass is 236 g/mol. The highest BCUT2D eigenvalue weighted by Gasteiger charge is 2.21. The van der Waals surface area contributed by atoms with Crippen molar-refractivity contribution in [3.8, 4) is 0 Å². The van der Waals surface area contributed by atoms with E-state index in [4.69, 9.17) is 0 Å². The first-order chi connectivity index (χ1) is 7.72. The fraction of sp³-hybridized carbons (Fsp3) is 0.417. The molecule has 0 aliphatic carbocycles. The molecule has 0 fully saturated rings. The number of benzene rings is 1. The second-order valence-corrected chi connectivity index (χ2v) is 4.91. The lowest BCUT2D eigenvalue weighted by molar-refractivity contribution is -0.116. The number of anilines is 1. The largest absolute Gasteiger partial charge is 0.319 e. The Bertz CT molecular complexity index is 406. The van der Waals surface area contributed by atoms with E-state index in [0.717, 1.165) is 18.7 Å². The molecule has 0 bridgehead atoms. The smallest absolute Gasteiger partial charge is 0.237 e. The molecule has 1 N–H and O–H groups in total. The summed E-state index contributed by atoms with van der Waals surface area (Å²) >= 11 is 1.64. The van der Waals surface area contributed by atoms with Crippen LogP contribution in [0.15, 0.2) is 23.1 Å². The van der Waals surface area contributed by atoms with Crippen LogP contribution in [0.4, 0.5) is 5.69 Å². The third kappa shape index (κ3) is 2.23. The molecule has 1 heterocycles. The first-order valence-corrected chi connectivity index (χ1v) is 6.38. The molecule has 0 aromatic heterocycles. The Labute approximate surface area is 100 Å². The summed E-state index contributed by atoms with van der Waals surface area (Å²) in [7, 11) is 3.80. The second-order valence-electron chi connectivity index (χ2n) is 3.90. The molecule has 16 heavy (non-hydrogen) atoms. The average molecular weight is 236 g/mol. The average Bonchev–Trinajstić information content (AvgIpc) is 2.31. The third-order valence-corrected chi connectivity index (χ3v) is 3.80. The van der Waals surface area contributed by atoms with Gasteiger partial charge in [0.15, 0.2) is 0 Å². The quantitative estimate of drug-likeness (QED) is 0.863. The van der Waals surface area contributed by atoms with Gasteiger partial charge in [-0.3, -0.25) is 4.79 Å². The van der Waals surface area contributed by atoms with Crippen molar-refractivity contribution >= 4 is 23.4 Å². The van der Waals surface area contributed by atoms with Crippen molar-refractivity contribution in [1.82, 2.24) is 5.32 Å². The molecule has 0 radical (unpaired) electrons. The van der Waals surface area contributed by atoms with Crippen LogP contribution in [0.1, 0.15) is 5.56 Å². The van der Waals surface area contributed by atoms with E-state index in [1.807, 2.05) is 20.2 Å². The predicted molar refractivity (Wildman–Crippen MR) is 68.2 cm³/mol. The van der Waals surface area contributed by atoms with Gasteiger partial charge >= 0.3 is 0 Å². The Balaban J connectivity index is 2.23. The number of nitrogens with one attached hydrogen (secondary N) is 1. The number of likely N-dealkylation sites (N-methyl/N-ethyl adjacent to an activating group) is 1. The fourth-order valence-electron chi connectivity index (χ4n) is 1.75. The number of hydrogen-bond donors (Lipinski definition) is 1. The molecule has 0 unspecified atom stereocenters. The topological polar surface area (TPSA) is 32.3 Å². The van der Waals surface area contributed by atoms with Gasteiger partial charge in [0.2, 0.25) is 5.91 Å². The summed E-state index contributed by atoms with van der Waals surface area (Å²) in [6, 6.07) is 6.34. The SMILES string of the molecule is CNCCc1ccc2c(c1)SCC(=O)N2C. The molecule has 1 aromatic carbocycles. The van der Waals surface area contributed by atoms with E-state index < -0.39 is 0 Å². The molecule has 0 saturated heterocycles. The van der Waals surface area contributed by atoms with Crippen LogP contribution in [0.3, 0.4) is 0 Å². The molecule has 86 valence electrons. The number of rotatable bonds is 3. The van der Waals surface area contributed by atoms with Crippen molar-refractivity contribution in [1.29, 1.82) is 0 Å². The fourth-order valence-corrected chi connectivity index (χ4v) is 2.81. The number of carbonyl (C=O) groups excluding carboxylic acids is 1. The lowest BCUT2D eigenvalue weighted by Gasteiger charge is -2.25. The van der Waals surface area contributed by atoms with E-state index in [-0.39, 0.29) is 5.91 Å². The van der Waals surface area contributed by atoms with Crippen molar-refractivity contribution in [3.63, 3.8) is 0 Å². The van der Waals surface area contributed by atoms with E-state index in [0.29, 0.717) is 5.75 Å². The number of amides is 1.